The molecule has 9 nitrogen and oxygen atoms in total. The van der Waals surface area contributed by atoms with Gasteiger partial charge in [0.2, 0.25) is 17.8 Å². The van der Waals surface area contributed by atoms with Crippen molar-refractivity contribution in [3.8, 4) is 11.5 Å². The van der Waals surface area contributed by atoms with Gasteiger partial charge in [-0.15, -0.1) is 0 Å². The molecule has 0 aliphatic carbocycles. The number of nitrogens with one attached hydrogen (secondary N) is 1. The number of rotatable bonds is 5. The Labute approximate surface area is 176 Å². The lowest BCUT2D eigenvalue weighted by atomic mass is 10.1. The second kappa shape index (κ2) is 9.15. The first-order valence-electron chi connectivity index (χ1n) is 10.7. The van der Waals surface area contributed by atoms with Crippen molar-refractivity contribution in [1.82, 2.24) is 15.0 Å². The van der Waals surface area contributed by atoms with Crippen molar-refractivity contribution in [1.29, 1.82) is 0 Å². The lowest BCUT2D eigenvalue weighted by Gasteiger charge is -2.30. The van der Waals surface area contributed by atoms with Gasteiger partial charge in [0.15, 0.2) is 0 Å². The molecule has 0 atom stereocenters. The van der Waals surface area contributed by atoms with E-state index in [1.165, 1.54) is 18.9 Å². The van der Waals surface area contributed by atoms with Gasteiger partial charge in [0.05, 0.1) is 5.71 Å². The predicted octanol–water partition coefficient (Wildman–Crippen LogP) is 3.10. The van der Waals surface area contributed by atoms with E-state index < -0.39 is 0 Å². The molecule has 2 aromatic rings. The molecule has 4 rings (SSSR count). The molecule has 2 fully saturated rings. The molecule has 30 heavy (non-hydrogen) atoms. The van der Waals surface area contributed by atoms with Gasteiger partial charge in [0, 0.05) is 37.8 Å². The first kappa shape index (κ1) is 20.2. The number of phenols is 2. The standard InChI is InChI=1S/C21H29N7O2/c1-15(16-12-17(29)14-18(30)13-16)25-26-19-22-20(27-8-4-2-5-9-27)24-21(23-19)28-10-6-3-7-11-28/h12-14,29-30H,2-11H2,1H3,(H,22,23,24,26). The molecule has 0 spiro atoms. The normalized spacial score (nSPS) is 17.8. The van der Waals surface area contributed by atoms with E-state index in [0.717, 1.165) is 51.9 Å². The number of benzene rings is 1. The molecule has 1 aromatic heterocycles. The van der Waals surface area contributed by atoms with E-state index in [1.54, 1.807) is 19.1 Å². The maximum atomic E-state index is 9.71. The number of phenolic OH excluding ortho intramolecular Hbond substituents is 2. The van der Waals surface area contributed by atoms with E-state index in [9.17, 15) is 10.2 Å². The monoisotopic (exact) mass is 411 g/mol. The van der Waals surface area contributed by atoms with Gasteiger partial charge in [-0.2, -0.15) is 20.1 Å². The lowest BCUT2D eigenvalue weighted by Crippen LogP contribution is -2.34. The molecule has 1 aromatic carbocycles. The summed E-state index contributed by atoms with van der Waals surface area (Å²) < 4.78 is 0. The Morgan fingerprint density at radius 1 is 0.800 bits per heavy atom. The van der Waals surface area contributed by atoms with Crippen LogP contribution >= 0.6 is 0 Å². The Hall–Kier alpha value is -3.10. The zero-order chi connectivity index (χ0) is 20.9. The number of aromatic nitrogens is 3. The summed E-state index contributed by atoms with van der Waals surface area (Å²) in [6, 6.07) is 4.38. The number of nitrogens with zero attached hydrogens (tertiary/aromatic N) is 6. The molecular formula is C21H29N7O2. The van der Waals surface area contributed by atoms with Gasteiger partial charge < -0.3 is 20.0 Å². The smallest absolute Gasteiger partial charge is 0.250 e. The number of hydrogen-bond acceptors (Lipinski definition) is 9. The van der Waals surface area contributed by atoms with Gasteiger partial charge in [0.25, 0.3) is 0 Å². The van der Waals surface area contributed by atoms with Crippen molar-refractivity contribution in [2.75, 3.05) is 41.4 Å². The highest BCUT2D eigenvalue weighted by Crippen LogP contribution is 2.23. The van der Waals surface area contributed by atoms with E-state index in [2.05, 4.69) is 30.3 Å². The Kier molecular flexibility index (Phi) is 6.15. The Balaban J connectivity index is 1.60. The first-order chi connectivity index (χ1) is 14.6. The van der Waals surface area contributed by atoms with Crippen molar-refractivity contribution < 1.29 is 10.2 Å². The highest BCUT2D eigenvalue weighted by molar-refractivity contribution is 5.99. The van der Waals surface area contributed by atoms with Crippen molar-refractivity contribution in [2.24, 2.45) is 5.10 Å². The highest BCUT2D eigenvalue weighted by atomic mass is 16.3. The van der Waals surface area contributed by atoms with Crippen molar-refractivity contribution >= 4 is 23.6 Å². The quantitative estimate of drug-likeness (QED) is 0.509. The fourth-order valence-electron chi connectivity index (χ4n) is 3.88. The van der Waals surface area contributed by atoms with Crippen LogP contribution in [-0.2, 0) is 0 Å². The number of anilines is 3. The van der Waals surface area contributed by atoms with E-state index >= 15 is 0 Å². The Bertz CT molecular complexity index is 850. The molecule has 9 heteroatoms. The summed E-state index contributed by atoms with van der Waals surface area (Å²) in [7, 11) is 0. The molecule has 0 radical (unpaired) electrons. The van der Waals surface area contributed by atoms with Crippen molar-refractivity contribution in [3.63, 3.8) is 0 Å². The van der Waals surface area contributed by atoms with Crippen LogP contribution in [0.2, 0.25) is 0 Å². The molecule has 0 unspecified atom stereocenters. The number of aromatic hydroxyl groups is 2. The summed E-state index contributed by atoms with van der Waals surface area (Å²) in [4.78, 5) is 18.4. The third kappa shape index (κ3) is 4.90. The lowest BCUT2D eigenvalue weighted by molar-refractivity contribution is 0.450. The van der Waals surface area contributed by atoms with Crippen LogP contribution in [0, 0.1) is 0 Å². The minimum absolute atomic E-state index is 0.0144. The summed E-state index contributed by atoms with van der Waals surface area (Å²) in [6.07, 6.45) is 7.06. The molecule has 0 saturated carbocycles. The molecular weight excluding hydrogens is 382 g/mol. The summed E-state index contributed by atoms with van der Waals surface area (Å²) in [6.45, 7) is 5.60. The summed E-state index contributed by atoms with van der Waals surface area (Å²) in [5.41, 5.74) is 4.16. The topological polar surface area (TPSA) is 110 Å². The SMILES string of the molecule is CC(=NNc1nc(N2CCCCC2)nc(N2CCCCC2)n1)c1cc(O)cc(O)c1. The summed E-state index contributed by atoms with van der Waals surface area (Å²) in [5, 5.41) is 23.8. The third-order valence-electron chi connectivity index (χ3n) is 5.53. The average molecular weight is 412 g/mol. The van der Waals surface area contributed by atoms with E-state index in [-0.39, 0.29) is 11.5 Å². The van der Waals surface area contributed by atoms with Gasteiger partial charge in [-0.25, -0.2) is 5.43 Å². The second-order valence-electron chi connectivity index (χ2n) is 7.90. The molecule has 0 bridgehead atoms. The third-order valence-corrected chi connectivity index (χ3v) is 5.53. The van der Waals surface area contributed by atoms with Gasteiger partial charge in [-0.1, -0.05) is 0 Å². The van der Waals surface area contributed by atoms with Gasteiger partial charge in [-0.3, -0.25) is 0 Å². The fourth-order valence-corrected chi connectivity index (χ4v) is 3.88. The Morgan fingerprint density at radius 2 is 1.30 bits per heavy atom. The molecule has 160 valence electrons. The van der Waals surface area contributed by atoms with Crippen LogP contribution in [0.4, 0.5) is 17.8 Å². The van der Waals surface area contributed by atoms with Crippen LogP contribution in [0.3, 0.4) is 0 Å². The molecule has 3 heterocycles. The van der Waals surface area contributed by atoms with Gasteiger partial charge in [0.1, 0.15) is 11.5 Å². The first-order valence-corrected chi connectivity index (χ1v) is 10.7. The molecule has 2 aliphatic rings. The maximum absolute atomic E-state index is 9.71. The molecule has 0 amide bonds. The fraction of sp³-hybridized carbons (Fsp3) is 0.524. The zero-order valence-corrected chi connectivity index (χ0v) is 17.4. The number of piperidine rings is 2. The zero-order valence-electron chi connectivity index (χ0n) is 17.4. The predicted molar refractivity (Wildman–Crippen MR) is 118 cm³/mol. The van der Waals surface area contributed by atoms with Crippen LogP contribution in [0.25, 0.3) is 0 Å². The van der Waals surface area contributed by atoms with Gasteiger partial charge >= 0.3 is 0 Å². The summed E-state index contributed by atoms with van der Waals surface area (Å²) in [5.74, 6) is 1.75. The number of hydrazone groups is 1. The largest absolute Gasteiger partial charge is 0.508 e. The molecule has 2 saturated heterocycles. The van der Waals surface area contributed by atoms with E-state index in [4.69, 9.17) is 4.98 Å². The molecule has 2 aliphatic heterocycles. The van der Waals surface area contributed by atoms with Crippen molar-refractivity contribution in [2.45, 2.75) is 45.4 Å². The van der Waals surface area contributed by atoms with Crippen LogP contribution in [0.1, 0.15) is 51.0 Å². The van der Waals surface area contributed by atoms with Crippen LogP contribution in [-0.4, -0.2) is 57.1 Å². The summed E-state index contributed by atoms with van der Waals surface area (Å²) >= 11 is 0. The van der Waals surface area contributed by atoms with E-state index in [0.29, 0.717) is 29.1 Å². The van der Waals surface area contributed by atoms with Gasteiger partial charge in [-0.05, 0) is 57.6 Å². The molecule has 3 N–H and O–H groups in total. The highest BCUT2D eigenvalue weighted by Gasteiger charge is 2.20. The Morgan fingerprint density at radius 3 is 1.80 bits per heavy atom. The van der Waals surface area contributed by atoms with Crippen LogP contribution < -0.4 is 15.2 Å². The second-order valence-corrected chi connectivity index (χ2v) is 7.90. The maximum Gasteiger partial charge on any atom is 0.250 e. The van der Waals surface area contributed by atoms with E-state index in [1.807, 2.05) is 0 Å². The van der Waals surface area contributed by atoms with Crippen LogP contribution in [0.15, 0.2) is 23.3 Å². The number of hydrogen-bond donors (Lipinski definition) is 3. The average Bonchev–Trinajstić information content (AvgIpc) is 2.78. The minimum atomic E-state index is -0.0144. The van der Waals surface area contributed by atoms with Crippen molar-refractivity contribution in [3.05, 3.63) is 23.8 Å². The minimum Gasteiger partial charge on any atom is -0.508 e. The van der Waals surface area contributed by atoms with Crippen LogP contribution in [0.5, 0.6) is 11.5 Å².